The molecule has 0 aromatic carbocycles. The summed E-state index contributed by atoms with van der Waals surface area (Å²) in [6.45, 7) is 7.09. The van der Waals surface area contributed by atoms with Gasteiger partial charge in [0.05, 0.1) is 0 Å². The van der Waals surface area contributed by atoms with Crippen molar-refractivity contribution >= 4 is 15.9 Å². The molecule has 0 bridgehead atoms. The maximum absolute atomic E-state index is 2.68. The fraction of sp³-hybridized carbons (Fsp3) is 0.667. The van der Waals surface area contributed by atoms with Crippen molar-refractivity contribution in [2.24, 2.45) is 17.3 Å². The van der Waals surface area contributed by atoms with E-state index in [1.165, 1.54) is 18.6 Å². The van der Waals surface area contributed by atoms with Crippen molar-refractivity contribution in [1.82, 2.24) is 0 Å². The second-order valence-corrected chi connectivity index (χ2v) is 8.47. The number of hydrogen-bond acceptors (Lipinski definition) is 0. The lowest BCUT2D eigenvalue weighted by molar-refractivity contribution is 0.398. The van der Waals surface area contributed by atoms with E-state index in [2.05, 4.69) is 50.4 Å². The van der Waals surface area contributed by atoms with Gasteiger partial charge in [0.2, 0.25) is 0 Å². The minimum absolute atomic E-state index is 0.542. The summed E-state index contributed by atoms with van der Waals surface area (Å²) >= 11 is 0. The van der Waals surface area contributed by atoms with Crippen molar-refractivity contribution in [2.45, 2.75) is 38.4 Å². The highest BCUT2D eigenvalue weighted by atomic mass is 32.2. The molecule has 0 aromatic heterocycles. The van der Waals surface area contributed by atoms with Crippen LogP contribution in [0.1, 0.15) is 33.6 Å². The fourth-order valence-electron chi connectivity index (χ4n) is 3.15. The summed E-state index contributed by atoms with van der Waals surface area (Å²) in [5.41, 5.74) is 0.542. The van der Waals surface area contributed by atoms with Gasteiger partial charge in [-0.1, -0.05) is 43.5 Å². The maximum atomic E-state index is 2.68. The predicted molar refractivity (Wildman–Crippen MR) is 75.2 cm³/mol. The van der Waals surface area contributed by atoms with Gasteiger partial charge in [-0.3, -0.25) is 0 Å². The van der Waals surface area contributed by atoms with Crippen LogP contribution >= 0.6 is 10.5 Å². The molecule has 2 aliphatic carbocycles. The lowest BCUT2D eigenvalue weighted by Gasteiger charge is -2.34. The second kappa shape index (κ2) is 3.35. The Balaban J connectivity index is 1.70. The summed E-state index contributed by atoms with van der Waals surface area (Å²) < 4.78 is 0.654. The number of rotatable bonds is 3. The van der Waals surface area contributed by atoms with E-state index < -0.39 is 0 Å². The summed E-state index contributed by atoms with van der Waals surface area (Å²) in [6.07, 6.45) is 12.2. The van der Waals surface area contributed by atoms with Gasteiger partial charge in [-0.05, 0) is 31.4 Å². The Morgan fingerprint density at radius 3 is 2.75 bits per heavy atom. The molecule has 1 saturated carbocycles. The zero-order chi connectivity index (χ0) is 11.4. The third-order valence-corrected chi connectivity index (χ3v) is 8.09. The molecule has 16 heavy (non-hydrogen) atoms. The van der Waals surface area contributed by atoms with Crippen molar-refractivity contribution in [3.63, 3.8) is 0 Å². The quantitative estimate of drug-likeness (QED) is 0.511. The summed E-state index contributed by atoms with van der Waals surface area (Å²) in [5.74, 6) is 3.19. The van der Waals surface area contributed by atoms with E-state index in [9.17, 15) is 0 Å². The van der Waals surface area contributed by atoms with Crippen LogP contribution in [0.3, 0.4) is 0 Å². The van der Waals surface area contributed by atoms with Gasteiger partial charge in [0.15, 0.2) is 0 Å². The summed E-state index contributed by atoms with van der Waals surface area (Å²) in [5, 5.41) is 2.68. The summed E-state index contributed by atoms with van der Waals surface area (Å²) in [7, 11) is 0.575. The third-order valence-electron chi connectivity index (χ3n) is 4.83. The van der Waals surface area contributed by atoms with Crippen LogP contribution in [0.15, 0.2) is 24.3 Å². The molecule has 0 N–H and O–H groups in total. The first kappa shape index (κ1) is 10.8. The number of allylic oxidation sites excluding steroid dienone is 4. The van der Waals surface area contributed by atoms with Crippen LogP contribution in [0.5, 0.6) is 0 Å². The first-order valence-electron chi connectivity index (χ1n) is 6.44. The molecule has 0 aromatic rings. The topological polar surface area (TPSA) is 0 Å². The lowest BCUT2D eigenvalue weighted by Crippen LogP contribution is -2.30. The molecular formula is C15H22S. The molecule has 1 heterocycles. The standard InChI is InChI=1S/C15H22S/c1-4-5-6-12-9-15(12,3)16-10-13-7-8-14(13,2)11-16/h4-5,7-8,10,12-13H,6,9,11H2,1-3H3/b5-4+. The van der Waals surface area contributed by atoms with E-state index in [1.807, 2.05) is 0 Å². The Bertz CT molecular complexity index is 404. The molecule has 5 atom stereocenters. The molecular weight excluding hydrogens is 212 g/mol. The normalized spacial score (nSPS) is 53.6. The SMILES string of the molecule is C/C=C/CC1CC1(C)S1=CC2C=CC2(C)C1. The Morgan fingerprint density at radius 2 is 2.25 bits per heavy atom. The summed E-state index contributed by atoms with van der Waals surface area (Å²) in [6, 6.07) is 0. The monoisotopic (exact) mass is 234 g/mol. The average Bonchev–Trinajstić information content (AvgIpc) is 2.85. The van der Waals surface area contributed by atoms with Crippen LogP contribution in [0.25, 0.3) is 0 Å². The second-order valence-electron chi connectivity index (χ2n) is 6.12. The molecule has 0 saturated heterocycles. The minimum Gasteiger partial charge on any atom is -0.182 e. The first-order valence-corrected chi connectivity index (χ1v) is 7.89. The zero-order valence-corrected chi connectivity index (χ0v) is 11.4. The van der Waals surface area contributed by atoms with Gasteiger partial charge in [0, 0.05) is 16.1 Å². The van der Waals surface area contributed by atoms with Crippen LogP contribution in [-0.4, -0.2) is 15.9 Å². The van der Waals surface area contributed by atoms with Crippen LogP contribution in [0.2, 0.25) is 0 Å². The molecule has 1 fully saturated rings. The molecule has 0 nitrogen and oxygen atoms in total. The molecule has 1 aliphatic heterocycles. The predicted octanol–water partition coefficient (Wildman–Crippen LogP) is 4.01. The fourth-order valence-corrected chi connectivity index (χ4v) is 6.54. The van der Waals surface area contributed by atoms with Gasteiger partial charge in [-0.2, -0.15) is 10.5 Å². The van der Waals surface area contributed by atoms with Gasteiger partial charge in [0.1, 0.15) is 0 Å². The smallest absolute Gasteiger partial charge is 0.0115 e. The van der Waals surface area contributed by atoms with Crippen molar-refractivity contribution in [3.05, 3.63) is 24.3 Å². The molecule has 0 spiro atoms. The third kappa shape index (κ3) is 1.40. The first-order chi connectivity index (χ1) is 7.58. The molecule has 88 valence electrons. The number of fused-ring (bicyclic) bond motifs is 1. The van der Waals surface area contributed by atoms with E-state index >= 15 is 0 Å². The molecule has 1 heteroatoms. The highest BCUT2D eigenvalue weighted by Crippen LogP contribution is 2.64. The van der Waals surface area contributed by atoms with E-state index in [1.54, 1.807) is 0 Å². The molecule has 0 radical (unpaired) electrons. The zero-order valence-electron chi connectivity index (χ0n) is 10.6. The lowest BCUT2D eigenvalue weighted by atomic mass is 9.71. The molecule has 3 rings (SSSR count). The van der Waals surface area contributed by atoms with E-state index in [4.69, 9.17) is 0 Å². The van der Waals surface area contributed by atoms with E-state index in [0.717, 1.165) is 11.8 Å². The van der Waals surface area contributed by atoms with Gasteiger partial charge in [-0.15, -0.1) is 0 Å². The molecule has 5 unspecified atom stereocenters. The van der Waals surface area contributed by atoms with Crippen LogP contribution in [-0.2, 0) is 0 Å². The van der Waals surface area contributed by atoms with Gasteiger partial charge in [0.25, 0.3) is 0 Å². The Kier molecular flexibility index (Phi) is 2.27. The summed E-state index contributed by atoms with van der Waals surface area (Å²) in [4.78, 5) is 0. The van der Waals surface area contributed by atoms with Crippen LogP contribution in [0.4, 0.5) is 0 Å². The van der Waals surface area contributed by atoms with Crippen molar-refractivity contribution in [1.29, 1.82) is 0 Å². The van der Waals surface area contributed by atoms with E-state index in [0.29, 0.717) is 20.6 Å². The highest BCUT2D eigenvalue weighted by Gasteiger charge is 2.55. The Labute approximate surface area is 102 Å². The van der Waals surface area contributed by atoms with Gasteiger partial charge < -0.3 is 0 Å². The van der Waals surface area contributed by atoms with Gasteiger partial charge >= 0.3 is 0 Å². The van der Waals surface area contributed by atoms with Gasteiger partial charge in [-0.25, -0.2) is 0 Å². The largest absolute Gasteiger partial charge is 0.182 e. The van der Waals surface area contributed by atoms with Crippen LogP contribution in [0, 0.1) is 17.3 Å². The van der Waals surface area contributed by atoms with Crippen molar-refractivity contribution < 1.29 is 0 Å². The minimum atomic E-state index is 0.542. The average molecular weight is 234 g/mol. The number of hydrogen-bond donors (Lipinski definition) is 0. The van der Waals surface area contributed by atoms with Crippen LogP contribution < -0.4 is 0 Å². The maximum Gasteiger partial charge on any atom is 0.0115 e. The molecule has 0 amide bonds. The van der Waals surface area contributed by atoms with Crippen molar-refractivity contribution in [3.8, 4) is 0 Å². The van der Waals surface area contributed by atoms with E-state index in [-0.39, 0.29) is 0 Å². The Morgan fingerprint density at radius 1 is 1.44 bits per heavy atom. The van der Waals surface area contributed by atoms with Crippen molar-refractivity contribution in [2.75, 3.05) is 5.75 Å². The highest BCUT2D eigenvalue weighted by molar-refractivity contribution is 8.16. The Hall–Kier alpha value is -0.300. The molecule has 3 aliphatic rings.